The zero-order valence-electron chi connectivity index (χ0n) is 22.3. The molecule has 2 rings (SSSR count). The summed E-state index contributed by atoms with van der Waals surface area (Å²) in [5, 5.41) is 2.95. The summed E-state index contributed by atoms with van der Waals surface area (Å²) >= 11 is 3.46. The fourth-order valence-corrected chi connectivity index (χ4v) is 5.34. The Balaban J connectivity index is 2.23. The average molecular weight is 581 g/mol. The molecular weight excluding hydrogens is 542 g/mol. The van der Waals surface area contributed by atoms with Crippen LogP contribution in [0.25, 0.3) is 0 Å². The van der Waals surface area contributed by atoms with Crippen molar-refractivity contribution in [2.45, 2.75) is 72.5 Å². The first-order chi connectivity index (χ1) is 16.6. The van der Waals surface area contributed by atoms with Crippen molar-refractivity contribution in [2.24, 2.45) is 0 Å². The van der Waals surface area contributed by atoms with Gasteiger partial charge in [0.1, 0.15) is 6.04 Å². The lowest BCUT2D eigenvalue weighted by Crippen LogP contribution is -2.52. The van der Waals surface area contributed by atoms with Crippen molar-refractivity contribution in [3.05, 3.63) is 63.6 Å². The number of nitrogens with zero attached hydrogens (tertiary/aromatic N) is 2. The molecule has 0 fully saturated rings. The monoisotopic (exact) mass is 579 g/mol. The van der Waals surface area contributed by atoms with Gasteiger partial charge in [-0.1, -0.05) is 40.2 Å². The molecule has 0 saturated carbocycles. The lowest BCUT2D eigenvalue weighted by atomic mass is 10.1. The van der Waals surface area contributed by atoms with Gasteiger partial charge in [0.15, 0.2) is 0 Å². The van der Waals surface area contributed by atoms with Gasteiger partial charge in [-0.2, -0.15) is 0 Å². The van der Waals surface area contributed by atoms with Crippen LogP contribution in [0.4, 0.5) is 5.69 Å². The highest BCUT2D eigenvalue weighted by Gasteiger charge is 2.29. The number of rotatable bonds is 10. The van der Waals surface area contributed by atoms with Crippen molar-refractivity contribution in [1.29, 1.82) is 0 Å². The molecule has 1 atom stereocenters. The van der Waals surface area contributed by atoms with Crippen molar-refractivity contribution in [1.82, 2.24) is 10.2 Å². The zero-order chi connectivity index (χ0) is 27.3. The Morgan fingerprint density at radius 2 is 1.72 bits per heavy atom. The summed E-state index contributed by atoms with van der Waals surface area (Å²) in [4.78, 5) is 27.9. The maximum atomic E-state index is 13.4. The number of anilines is 1. The molecule has 1 unspecified atom stereocenters. The van der Waals surface area contributed by atoms with E-state index < -0.39 is 21.6 Å². The number of benzene rings is 2. The number of carbonyl (C=O) groups excluding carboxylic acids is 2. The van der Waals surface area contributed by atoms with Crippen molar-refractivity contribution >= 4 is 43.5 Å². The number of halogens is 1. The van der Waals surface area contributed by atoms with Crippen LogP contribution in [0.1, 0.15) is 57.2 Å². The largest absolute Gasteiger partial charge is 0.350 e. The number of nitrogens with one attached hydrogen (secondary N) is 1. The average Bonchev–Trinajstić information content (AvgIpc) is 2.75. The Morgan fingerprint density at radius 1 is 1.08 bits per heavy atom. The summed E-state index contributed by atoms with van der Waals surface area (Å²) in [6.07, 6.45) is 1.61. The van der Waals surface area contributed by atoms with Gasteiger partial charge in [0.25, 0.3) is 0 Å². The SMILES string of the molecule is Cc1cccc(N(CCCC(=O)N(Cc2cccc(Br)c2)C(C)C(=O)NC(C)(C)C)S(C)(=O)=O)c1C. The highest BCUT2D eigenvalue weighted by Crippen LogP contribution is 2.25. The molecule has 0 aliphatic carbocycles. The molecule has 0 aromatic heterocycles. The van der Waals surface area contributed by atoms with Crippen LogP contribution in [0.15, 0.2) is 46.9 Å². The molecule has 0 saturated heterocycles. The molecule has 0 heterocycles. The van der Waals surface area contributed by atoms with Gasteiger partial charge in [-0.05, 0) is 82.9 Å². The summed E-state index contributed by atoms with van der Waals surface area (Å²) < 4.78 is 27.4. The minimum Gasteiger partial charge on any atom is -0.350 e. The summed E-state index contributed by atoms with van der Waals surface area (Å²) in [5.41, 5.74) is 2.96. The molecule has 2 amide bonds. The summed E-state index contributed by atoms with van der Waals surface area (Å²) in [5.74, 6) is -0.444. The lowest BCUT2D eigenvalue weighted by molar-refractivity contribution is -0.141. The highest BCUT2D eigenvalue weighted by molar-refractivity contribution is 9.10. The molecule has 9 heteroatoms. The standard InChI is InChI=1S/C27H38BrN3O4S/c1-19-11-8-14-24(20(19)2)31(36(7,34)35)16-10-15-25(32)30(18-22-12-9-13-23(28)17-22)21(3)26(33)29-27(4,5)6/h8-9,11-14,17,21H,10,15-16,18H2,1-7H3,(H,29,33). The van der Waals surface area contributed by atoms with Crippen LogP contribution < -0.4 is 9.62 Å². The van der Waals surface area contributed by atoms with E-state index in [2.05, 4.69) is 21.2 Å². The third kappa shape index (κ3) is 8.62. The lowest BCUT2D eigenvalue weighted by Gasteiger charge is -2.32. The van der Waals surface area contributed by atoms with E-state index in [4.69, 9.17) is 0 Å². The summed E-state index contributed by atoms with van der Waals surface area (Å²) in [6, 6.07) is 12.5. The van der Waals surface area contributed by atoms with Gasteiger partial charge in [-0.15, -0.1) is 0 Å². The molecule has 36 heavy (non-hydrogen) atoms. The third-order valence-electron chi connectivity index (χ3n) is 5.90. The van der Waals surface area contributed by atoms with Crippen molar-refractivity contribution in [3.63, 3.8) is 0 Å². The Labute approximate surface area is 224 Å². The van der Waals surface area contributed by atoms with Gasteiger partial charge >= 0.3 is 0 Å². The Kier molecular flexibility index (Phi) is 10.1. The first-order valence-corrected chi connectivity index (χ1v) is 14.6. The second-order valence-corrected chi connectivity index (χ2v) is 13.0. The number of aryl methyl sites for hydroxylation is 1. The van der Waals surface area contributed by atoms with E-state index in [0.29, 0.717) is 12.1 Å². The number of carbonyl (C=O) groups is 2. The van der Waals surface area contributed by atoms with Crippen molar-refractivity contribution in [2.75, 3.05) is 17.1 Å². The van der Waals surface area contributed by atoms with Crippen molar-refractivity contribution in [3.8, 4) is 0 Å². The predicted molar refractivity (Wildman–Crippen MR) is 149 cm³/mol. The van der Waals surface area contributed by atoms with Crippen LogP contribution in [-0.4, -0.2) is 49.5 Å². The van der Waals surface area contributed by atoms with Gasteiger partial charge in [-0.25, -0.2) is 8.42 Å². The van der Waals surface area contributed by atoms with Crippen LogP contribution in [0.3, 0.4) is 0 Å². The topological polar surface area (TPSA) is 86.8 Å². The molecule has 0 aliphatic heterocycles. The predicted octanol–water partition coefficient (Wildman–Crippen LogP) is 4.94. The van der Waals surface area contributed by atoms with Gasteiger partial charge < -0.3 is 10.2 Å². The van der Waals surface area contributed by atoms with E-state index in [1.807, 2.05) is 71.0 Å². The maximum absolute atomic E-state index is 13.4. The first-order valence-electron chi connectivity index (χ1n) is 12.0. The van der Waals surface area contributed by atoms with Gasteiger partial charge in [-0.3, -0.25) is 13.9 Å². The number of sulfonamides is 1. The Bertz CT molecular complexity index is 1190. The van der Waals surface area contributed by atoms with Gasteiger partial charge in [0, 0.05) is 29.5 Å². The molecular formula is C27H38BrN3O4S. The molecule has 0 radical (unpaired) electrons. The number of hydrogen-bond donors (Lipinski definition) is 1. The van der Waals surface area contributed by atoms with Crippen LogP contribution in [0, 0.1) is 13.8 Å². The second-order valence-electron chi connectivity index (χ2n) is 10.2. The van der Waals surface area contributed by atoms with E-state index in [-0.39, 0.29) is 31.3 Å². The molecule has 198 valence electrons. The van der Waals surface area contributed by atoms with E-state index in [0.717, 1.165) is 21.2 Å². The van der Waals surface area contributed by atoms with E-state index in [1.54, 1.807) is 17.9 Å². The van der Waals surface area contributed by atoms with Crippen LogP contribution in [-0.2, 0) is 26.2 Å². The molecule has 7 nitrogen and oxygen atoms in total. The normalized spacial score (nSPS) is 12.7. The number of hydrogen-bond acceptors (Lipinski definition) is 4. The maximum Gasteiger partial charge on any atom is 0.242 e. The minimum atomic E-state index is -3.54. The molecule has 0 aliphatic rings. The van der Waals surface area contributed by atoms with Gasteiger partial charge in [0.05, 0.1) is 11.9 Å². The fraction of sp³-hybridized carbons (Fsp3) is 0.481. The third-order valence-corrected chi connectivity index (χ3v) is 7.58. The second kappa shape index (κ2) is 12.2. The Hall–Kier alpha value is -2.39. The van der Waals surface area contributed by atoms with E-state index in [1.165, 1.54) is 10.6 Å². The highest BCUT2D eigenvalue weighted by atomic mass is 79.9. The number of amides is 2. The molecule has 0 spiro atoms. The van der Waals surface area contributed by atoms with Crippen LogP contribution in [0.5, 0.6) is 0 Å². The van der Waals surface area contributed by atoms with Crippen LogP contribution in [0.2, 0.25) is 0 Å². The summed E-state index contributed by atoms with van der Waals surface area (Å²) in [7, 11) is -3.54. The van der Waals surface area contributed by atoms with E-state index in [9.17, 15) is 18.0 Å². The Morgan fingerprint density at radius 3 is 2.31 bits per heavy atom. The zero-order valence-corrected chi connectivity index (χ0v) is 24.7. The molecule has 2 aromatic carbocycles. The minimum absolute atomic E-state index is 0.109. The molecule has 2 aromatic rings. The summed E-state index contributed by atoms with van der Waals surface area (Å²) in [6.45, 7) is 11.7. The van der Waals surface area contributed by atoms with Crippen molar-refractivity contribution < 1.29 is 18.0 Å². The van der Waals surface area contributed by atoms with Gasteiger partial charge in [0.2, 0.25) is 21.8 Å². The smallest absolute Gasteiger partial charge is 0.242 e. The first kappa shape index (κ1) is 29.8. The molecule has 1 N–H and O–H groups in total. The van der Waals surface area contributed by atoms with E-state index >= 15 is 0 Å². The van der Waals surface area contributed by atoms with Crippen LogP contribution >= 0.6 is 15.9 Å². The molecule has 0 bridgehead atoms. The fourth-order valence-electron chi connectivity index (χ4n) is 3.88. The quantitative estimate of drug-likeness (QED) is 0.431.